The summed E-state index contributed by atoms with van der Waals surface area (Å²) in [5, 5.41) is 2.91. The Morgan fingerprint density at radius 2 is 1.96 bits per heavy atom. The zero-order valence-electron chi connectivity index (χ0n) is 12.8. The Kier molecular flexibility index (Phi) is 6.09. The van der Waals surface area contributed by atoms with E-state index in [0.29, 0.717) is 12.5 Å². The average Bonchev–Trinajstić information content (AvgIpc) is 2.94. The third-order valence-electron chi connectivity index (χ3n) is 4.08. The minimum Gasteiger partial charge on any atom is -0.353 e. The fourth-order valence-corrected chi connectivity index (χ4v) is 3.82. The maximum atomic E-state index is 12.8. The van der Waals surface area contributed by atoms with E-state index < -0.39 is 15.8 Å². The van der Waals surface area contributed by atoms with Gasteiger partial charge in [-0.15, -0.1) is 0 Å². The molecule has 2 rings (SSSR count). The zero-order valence-corrected chi connectivity index (χ0v) is 13.6. The van der Waals surface area contributed by atoms with E-state index in [2.05, 4.69) is 10.0 Å². The molecule has 1 fully saturated rings. The molecular weight excluding hydrogens is 321 g/mol. The van der Waals surface area contributed by atoms with Gasteiger partial charge in [-0.25, -0.2) is 17.5 Å². The van der Waals surface area contributed by atoms with Crippen LogP contribution in [0.25, 0.3) is 0 Å². The van der Waals surface area contributed by atoms with Gasteiger partial charge < -0.3 is 11.1 Å². The van der Waals surface area contributed by atoms with Crippen LogP contribution in [-0.4, -0.2) is 33.5 Å². The van der Waals surface area contributed by atoms with Crippen molar-refractivity contribution in [1.29, 1.82) is 0 Å². The number of nitrogens with one attached hydrogen (secondary N) is 2. The normalized spacial score (nSPS) is 21.3. The number of carbonyl (C=O) groups is 1. The minimum absolute atomic E-state index is 0.00838. The highest BCUT2D eigenvalue weighted by atomic mass is 32.2. The predicted molar refractivity (Wildman–Crippen MR) is 84.5 cm³/mol. The highest BCUT2D eigenvalue weighted by Crippen LogP contribution is 2.24. The van der Waals surface area contributed by atoms with Gasteiger partial charge in [-0.1, -0.05) is 6.42 Å². The van der Waals surface area contributed by atoms with Gasteiger partial charge in [0.05, 0.1) is 4.90 Å². The predicted octanol–water partition coefficient (Wildman–Crippen LogP) is 0.738. The van der Waals surface area contributed by atoms with Gasteiger partial charge in [0.2, 0.25) is 15.9 Å². The Labute approximate surface area is 135 Å². The summed E-state index contributed by atoms with van der Waals surface area (Å²) >= 11 is 0. The summed E-state index contributed by atoms with van der Waals surface area (Å²) in [4.78, 5) is 11.9. The van der Waals surface area contributed by atoms with Gasteiger partial charge in [0.1, 0.15) is 5.82 Å². The van der Waals surface area contributed by atoms with E-state index in [4.69, 9.17) is 5.73 Å². The Hall–Kier alpha value is -1.51. The van der Waals surface area contributed by atoms with Crippen molar-refractivity contribution in [3.8, 4) is 0 Å². The third-order valence-corrected chi connectivity index (χ3v) is 5.55. The lowest BCUT2D eigenvalue weighted by atomic mass is 10.0. The number of hydrogen-bond donors (Lipinski definition) is 3. The van der Waals surface area contributed by atoms with Crippen molar-refractivity contribution < 1.29 is 17.6 Å². The summed E-state index contributed by atoms with van der Waals surface area (Å²) < 4.78 is 39.1. The molecular formula is C15H22FN3O3S. The molecule has 1 aromatic carbocycles. The molecule has 8 heteroatoms. The van der Waals surface area contributed by atoms with Crippen molar-refractivity contribution in [2.24, 2.45) is 11.7 Å². The van der Waals surface area contributed by atoms with Gasteiger partial charge in [-0.2, -0.15) is 0 Å². The molecule has 1 aliphatic carbocycles. The van der Waals surface area contributed by atoms with E-state index in [1.165, 1.54) is 12.1 Å². The molecule has 0 aliphatic heterocycles. The minimum atomic E-state index is -3.73. The number of nitrogens with two attached hydrogens (primary N) is 1. The van der Waals surface area contributed by atoms with Crippen molar-refractivity contribution in [2.75, 3.05) is 13.1 Å². The lowest BCUT2D eigenvalue weighted by molar-refractivity contribution is -0.121. The van der Waals surface area contributed by atoms with Crippen LogP contribution in [0.4, 0.5) is 4.39 Å². The summed E-state index contributed by atoms with van der Waals surface area (Å²) in [6.07, 6.45) is 3.02. The fourth-order valence-electron chi connectivity index (χ4n) is 2.78. The van der Waals surface area contributed by atoms with Crippen molar-refractivity contribution >= 4 is 15.9 Å². The molecule has 0 saturated heterocycles. The lowest BCUT2D eigenvalue weighted by Gasteiger charge is -2.19. The van der Waals surface area contributed by atoms with Gasteiger partial charge in [0.15, 0.2) is 0 Å². The average molecular weight is 343 g/mol. The Morgan fingerprint density at radius 1 is 1.26 bits per heavy atom. The smallest absolute Gasteiger partial charge is 0.240 e. The molecule has 0 heterocycles. The largest absolute Gasteiger partial charge is 0.353 e. The first-order valence-corrected chi connectivity index (χ1v) is 9.15. The Morgan fingerprint density at radius 3 is 2.61 bits per heavy atom. The molecule has 1 aliphatic rings. The highest BCUT2D eigenvalue weighted by Gasteiger charge is 2.27. The number of carbonyl (C=O) groups excluding carboxylic acids is 1. The van der Waals surface area contributed by atoms with Crippen molar-refractivity contribution in [3.05, 3.63) is 30.1 Å². The van der Waals surface area contributed by atoms with E-state index >= 15 is 0 Å². The summed E-state index contributed by atoms with van der Waals surface area (Å²) in [7, 11) is -3.73. The molecule has 1 amide bonds. The first-order chi connectivity index (χ1) is 10.9. The van der Waals surface area contributed by atoms with Crippen LogP contribution in [0.1, 0.15) is 25.7 Å². The number of benzene rings is 1. The molecule has 1 aromatic rings. The van der Waals surface area contributed by atoms with Crippen LogP contribution in [0.15, 0.2) is 29.2 Å². The summed E-state index contributed by atoms with van der Waals surface area (Å²) in [6, 6.07) is 4.61. The van der Waals surface area contributed by atoms with Crippen LogP contribution in [-0.2, 0) is 14.8 Å². The van der Waals surface area contributed by atoms with Crippen LogP contribution >= 0.6 is 0 Å². The van der Waals surface area contributed by atoms with Gasteiger partial charge in [-0.3, -0.25) is 4.79 Å². The van der Waals surface area contributed by atoms with Crippen LogP contribution in [0.5, 0.6) is 0 Å². The first-order valence-electron chi connectivity index (χ1n) is 7.67. The topological polar surface area (TPSA) is 101 Å². The van der Waals surface area contributed by atoms with Crippen LogP contribution in [0.3, 0.4) is 0 Å². The quantitative estimate of drug-likeness (QED) is 0.679. The molecule has 0 aromatic heterocycles. The standard InChI is InChI=1S/C15H22FN3O3S/c16-12-4-6-13(7-5-12)23(21,22)18-9-8-15(20)19-14-3-1-2-11(14)10-17/h4-7,11,14,18H,1-3,8-10,17H2,(H,19,20). The maximum Gasteiger partial charge on any atom is 0.240 e. The van der Waals surface area contributed by atoms with Crippen molar-refractivity contribution in [1.82, 2.24) is 10.0 Å². The molecule has 2 atom stereocenters. The van der Waals surface area contributed by atoms with Gasteiger partial charge in [-0.05, 0) is 49.6 Å². The monoisotopic (exact) mass is 343 g/mol. The van der Waals surface area contributed by atoms with Gasteiger partial charge >= 0.3 is 0 Å². The third kappa shape index (κ3) is 4.98. The van der Waals surface area contributed by atoms with Crippen LogP contribution in [0.2, 0.25) is 0 Å². The number of amides is 1. The summed E-state index contributed by atoms with van der Waals surface area (Å²) in [5.41, 5.74) is 5.66. The SMILES string of the molecule is NCC1CCCC1NC(=O)CCNS(=O)(=O)c1ccc(F)cc1. The highest BCUT2D eigenvalue weighted by molar-refractivity contribution is 7.89. The summed E-state index contributed by atoms with van der Waals surface area (Å²) in [6.45, 7) is 0.535. The molecule has 23 heavy (non-hydrogen) atoms. The van der Waals surface area contributed by atoms with Crippen molar-refractivity contribution in [2.45, 2.75) is 36.6 Å². The Balaban J connectivity index is 1.79. The van der Waals surface area contributed by atoms with E-state index in [0.717, 1.165) is 31.4 Å². The van der Waals surface area contributed by atoms with E-state index in [9.17, 15) is 17.6 Å². The second-order valence-corrected chi connectivity index (χ2v) is 7.47. The van der Waals surface area contributed by atoms with Crippen LogP contribution in [0, 0.1) is 11.7 Å². The van der Waals surface area contributed by atoms with E-state index in [1.807, 2.05) is 0 Å². The van der Waals surface area contributed by atoms with Crippen LogP contribution < -0.4 is 15.8 Å². The maximum absolute atomic E-state index is 12.8. The first kappa shape index (κ1) is 17.8. The zero-order chi connectivity index (χ0) is 16.9. The molecule has 0 spiro atoms. The number of rotatable bonds is 7. The molecule has 0 radical (unpaired) electrons. The van der Waals surface area contributed by atoms with Gasteiger partial charge in [0, 0.05) is 19.0 Å². The molecule has 1 saturated carbocycles. The Bertz CT molecular complexity index is 634. The molecule has 0 bridgehead atoms. The van der Waals surface area contributed by atoms with E-state index in [-0.39, 0.29) is 29.8 Å². The van der Waals surface area contributed by atoms with E-state index in [1.54, 1.807) is 0 Å². The number of hydrogen-bond acceptors (Lipinski definition) is 4. The number of halogens is 1. The number of sulfonamides is 1. The van der Waals surface area contributed by atoms with Crippen molar-refractivity contribution in [3.63, 3.8) is 0 Å². The molecule has 6 nitrogen and oxygen atoms in total. The molecule has 2 unspecified atom stereocenters. The summed E-state index contributed by atoms with van der Waals surface area (Å²) in [5.74, 6) is -0.402. The second kappa shape index (κ2) is 7.85. The fraction of sp³-hybridized carbons (Fsp3) is 0.533. The molecule has 4 N–H and O–H groups in total. The lowest BCUT2D eigenvalue weighted by Crippen LogP contribution is -2.41. The van der Waals surface area contributed by atoms with Gasteiger partial charge in [0.25, 0.3) is 0 Å². The molecule has 128 valence electrons. The second-order valence-electron chi connectivity index (χ2n) is 5.70.